The number of hydrogen-bond acceptors (Lipinski definition) is 3. The van der Waals surface area contributed by atoms with E-state index >= 15 is 0 Å². The van der Waals surface area contributed by atoms with Gasteiger partial charge in [-0.05, 0) is 42.7 Å². The highest BCUT2D eigenvalue weighted by Gasteiger charge is 2.44. The fourth-order valence-corrected chi connectivity index (χ4v) is 3.19. The first-order valence-corrected chi connectivity index (χ1v) is 9.24. The van der Waals surface area contributed by atoms with E-state index in [4.69, 9.17) is 11.6 Å². The number of nitrogens with zero attached hydrogens (tertiary/aromatic N) is 3. The molecule has 7 heteroatoms. The molecule has 0 unspecified atom stereocenters. The van der Waals surface area contributed by atoms with E-state index in [-0.39, 0.29) is 29.4 Å². The highest BCUT2D eigenvalue weighted by molar-refractivity contribution is 14.0. The number of pyridine rings is 1. The third kappa shape index (κ3) is 5.72. The molecule has 1 saturated carbocycles. The van der Waals surface area contributed by atoms with Crippen LogP contribution in [0.3, 0.4) is 0 Å². The van der Waals surface area contributed by atoms with Crippen LogP contribution in [0, 0.1) is 0 Å². The van der Waals surface area contributed by atoms with E-state index in [0.29, 0.717) is 6.54 Å². The molecular formula is C20H27ClIN5. The van der Waals surface area contributed by atoms with Gasteiger partial charge >= 0.3 is 0 Å². The second-order valence-electron chi connectivity index (χ2n) is 6.95. The molecule has 1 aliphatic rings. The molecule has 2 N–H and O–H groups in total. The normalized spacial score (nSPS) is 14.9. The van der Waals surface area contributed by atoms with Crippen molar-refractivity contribution in [3.63, 3.8) is 0 Å². The van der Waals surface area contributed by atoms with Gasteiger partial charge in [0.25, 0.3) is 0 Å². The summed E-state index contributed by atoms with van der Waals surface area (Å²) in [6, 6.07) is 14.2. The number of aromatic nitrogens is 1. The van der Waals surface area contributed by atoms with Crippen LogP contribution in [-0.4, -0.2) is 38.6 Å². The van der Waals surface area contributed by atoms with E-state index < -0.39 is 0 Å². The second-order valence-corrected chi connectivity index (χ2v) is 7.39. The van der Waals surface area contributed by atoms with Gasteiger partial charge in [0.05, 0.1) is 12.2 Å². The van der Waals surface area contributed by atoms with E-state index in [2.05, 4.69) is 32.7 Å². The summed E-state index contributed by atoms with van der Waals surface area (Å²) in [6.07, 6.45) is 2.34. The summed E-state index contributed by atoms with van der Waals surface area (Å²) in [4.78, 5) is 11.0. The third-order valence-corrected chi connectivity index (χ3v) is 5.03. The molecule has 1 fully saturated rings. The zero-order valence-corrected chi connectivity index (χ0v) is 19.1. The molecule has 146 valence electrons. The first-order chi connectivity index (χ1) is 12.5. The van der Waals surface area contributed by atoms with Crippen molar-refractivity contribution in [2.24, 2.45) is 4.99 Å². The Balaban J connectivity index is 0.00000261. The molecule has 3 rings (SSSR count). The molecular weight excluding hydrogens is 473 g/mol. The van der Waals surface area contributed by atoms with Gasteiger partial charge in [-0.15, -0.1) is 24.0 Å². The van der Waals surface area contributed by atoms with Crippen LogP contribution in [0.5, 0.6) is 0 Å². The number of hydrogen-bond donors (Lipinski definition) is 2. The molecule has 1 aliphatic carbocycles. The third-order valence-electron chi connectivity index (χ3n) is 4.80. The lowest BCUT2D eigenvalue weighted by atomic mass is 9.96. The number of aliphatic imine (C=N–C) groups is 1. The molecule has 0 aliphatic heterocycles. The maximum absolute atomic E-state index is 6.15. The summed E-state index contributed by atoms with van der Waals surface area (Å²) in [5.74, 6) is 1.74. The minimum atomic E-state index is 0. The fraction of sp³-hybridized carbons (Fsp3) is 0.400. The lowest BCUT2D eigenvalue weighted by Crippen LogP contribution is -2.41. The molecule has 0 amide bonds. The number of rotatable bonds is 6. The lowest BCUT2D eigenvalue weighted by Gasteiger charge is -2.19. The number of anilines is 1. The summed E-state index contributed by atoms with van der Waals surface area (Å²) in [6.45, 7) is 1.48. The molecule has 0 bridgehead atoms. The summed E-state index contributed by atoms with van der Waals surface area (Å²) in [5, 5.41) is 7.60. The van der Waals surface area contributed by atoms with Gasteiger partial charge in [0.1, 0.15) is 5.82 Å². The Kier molecular flexibility index (Phi) is 7.73. The Morgan fingerprint density at radius 1 is 1.19 bits per heavy atom. The van der Waals surface area contributed by atoms with Crippen molar-refractivity contribution < 1.29 is 0 Å². The highest BCUT2D eigenvalue weighted by Crippen LogP contribution is 2.48. The summed E-state index contributed by atoms with van der Waals surface area (Å²) in [5.41, 5.74) is 2.45. The Bertz CT molecular complexity index is 789. The SMILES string of the molecule is CN=C(NCc1cccc(N(C)C)n1)NCC1(c2cccc(Cl)c2)CC1.I. The first-order valence-electron chi connectivity index (χ1n) is 8.86. The number of nitrogens with one attached hydrogen (secondary N) is 2. The molecule has 0 spiro atoms. The van der Waals surface area contributed by atoms with E-state index in [1.165, 1.54) is 18.4 Å². The fourth-order valence-electron chi connectivity index (χ4n) is 3.00. The minimum Gasteiger partial charge on any atom is -0.363 e. The summed E-state index contributed by atoms with van der Waals surface area (Å²) in [7, 11) is 5.77. The predicted octanol–water partition coefficient (Wildman–Crippen LogP) is 3.82. The average molecular weight is 500 g/mol. The monoisotopic (exact) mass is 499 g/mol. The van der Waals surface area contributed by atoms with Gasteiger partial charge in [-0.25, -0.2) is 4.98 Å². The Morgan fingerprint density at radius 2 is 1.93 bits per heavy atom. The molecule has 0 saturated heterocycles. The van der Waals surface area contributed by atoms with Crippen LogP contribution in [0.25, 0.3) is 0 Å². The van der Waals surface area contributed by atoms with Crippen molar-refractivity contribution >= 4 is 47.4 Å². The van der Waals surface area contributed by atoms with Crippen LogP contribution < -0.4 is 15.5 Å². The Morgan fingerprint density at radius 3 is 2.56 bits per heavy atom. The van der Waals surface area contributed by atoms with Crippen LogP contribution in [0.4, 0.5) is 5.82 Å². The van der Waals surface area contributed by atoms with Gasteiger partial charge in [0.15, 0.2) is 5.96 Å². The molecule has 1 heterocycles. The second kappa shape index (κ2) is 9.59. The summed E-state index contributed by atoms with van der Waals surface area (Å²) >= 11 is 6.15. The Hall–Kier alpha value is -1.54. The maximum atomic E-state index is 6.15. The van der Waals surface area contributed by atoms with E-state index in [9.17, 15) is 0 Å². The topological polar surface area (TPSA) is 52.6 Å². The lowest BCUT2D eigenvalue weighted by molar-refractivity contribution is 0.644. The average Bonchev–Trinajstić information content (AvgIpc) is 3.43. The molecule has 1 aromatic carbocycles. The van der Waals surface area contributed by atoms with Gasteiger partial charge in [0, 0.05) is 38.1 Å². The molecule has 2 aromatic rings. The van der Waals surface area contributed by atoms with Gasteiger partial charge in [0.2, 0.25) is 0 Å². The van der Waals surface area contributed by atoms with Crippen LogP contribution in [0.15, 0.2) is 47.5 Å². The van der Waals surface area contributed by atoms with E-state index in [0.717, 1.165) is 29.0 Å². The molecule has 27 heavy (non-hydrogen) atoms. The number of benzene rings is 1. The standard InChI is InChI=1S/C20H26ClN5.HI/c1-22-19(23-13-17-8-5-9-18(25-17)26(2)3)24-14-20(10-11-20)15-6-4-7-16(21)12-15;/h4-9,12H,10-11,13-14H2,1-3H3,(H2,22,23,24);1H. The summed E-state index contributed by atoms with van der Waals surface area (Å²) < 4.78 is 0. The maximum Gasteiger partial charge on any atom is 0.191 e. The zero-order valence-electron chi connectivity index (χ0n) is 16.0. The van der Waals surface area contributed by atoms with Crippen molar-refractivity contribution in [2.75, 3.05) is 32.6 Å². The molecule has 0 radical (unpaired) electrons. The van der Waals surface area contributed by atoms with Crippen molar-refractivity contribution in [1.29, 1.82) is 0 Å². The number of halogens is 2. The van der Waals surface area contributed by atoms with Crippen molar-refractivity contribution in [1.82, 2.24) is 15.6 Å². The van der Waals surface area contributed by atoms with E-state index in [1.807, 2.05) is 49.3 Å². The molecule has 5 nitrogen and oxygen atoms in total. The van der Waals surface area contributed by atoms with Crippen molar-refractivity contribution in [2.45, 2.75) is 24.8 Å². The van der Waals surface area contributed by atoms with Gasteiger partial charge in [-0.2, -0.15) is 0 Å². The van der Waals surface area contributed by atoms with Gasteiger partial charge in [-0.1, -0.05) is 29.8 Å². The van der Waals surface area contributed by atoms with Gasteiger partial charge < -0.3 is 15.5 Å². The van der Waals surface area contributed by atoms with Gasteiger partial charge in [-0.3, -0.25) is 4.99 Å². The van der Waals surface area contributed by atoms with Crippen LogP contribution >= 0.6 is 35.6 Å². The molecule has 1 aromatic heterocycles. The van der Waals surface area contributed by atoms with E-state index in [1.54, 1.807) is 7.05 Å². The van der Waals surface area contributed by atoms with Crippen molar-refractivity contribution in [3.05, 3.63) is 58.7 Å². The van der Waals surface area contributed by atoms with Crippen LogP contribution in [-0.2, 0) is 12.0 Å². The molecule has 0 atom stereocenters. The zero-order chi connectivity index (χ0) is 18.6. The largest absolute Gasteiger partial charge is 0.363 e. The first kappa shape index (κ1) is 21.8. The smallest absolute Gasteiger partial charge is 0.191 e. The van der Waals surface area contributed by atoms with Crippen molar-refractivity contribution in [3.8, 4) is 0 Å². The van der Waals surface area contributed by atoms with Crippen LogP contribution in [0.1, 0.15) is 24.1 Å². The van der Waals surface area contributed by atoms with Crippen LogP contribution in [0.2, 0.25) is 5.02 Å². The minimum absolute atomic E-state index is 0. The quantitative estimate of drug-likeness (QED) is 0.360. The number of guanidine groups is 1. The highest BCUT2D eigenvalue weighted by atomic mass is 127. The Labute approximate surface area is 183 Å². The predicted molar refractivity (Wildman–Crippen MR) is 125 cm³/mol.